The lowest BCUT2D eigenvalue weighted by atomic mass is 9.58. The first-order valence-electron chi connectivity index (χ1n) is 7.85. The van der Waals surface area contributed by atoms with Gasteiger partial charge in [-0.1, -0.05) is 31.6 Å². The molecule has 0 aliphatic heterocycles. The largest absolute Gasteiger partial charge is 0.392 e. The van der Waals surface area contributed by atoms with Crippen molar-refractivity contribution in [1.29, 1.82) is 0 Å². The van der Waals surface area contributed by atoms with Gasteiger partial charge in [0.15, 0.2) is 0 Å². The van der Waals surface area contributed by atoms with Gasteiger partial charge in [0.2, 0.25) is 0 Å². The van der Waals surface area contributed by atoms with E-state index in [4.69, 9.17) is 0 Å². The molecule has 0 aromatic heterocycles. The maximum Gasteiger partial charge on any atom is 0.132 e. The number of carbonyl (C=O) groups is 1. The van der Waals surface area contributed by atoms with Gasteiger partial charge in [0, 0.05) is 18.3 Å². The summed E-state index contributed by atoms with van der Waals surface area (Å²) in [4.78, 5) is 11.6. The molecule has 2 rings (SSSR count). The van der Waals surface area contributed by atoms with Gasteiger partial charge in [0.25, 0.3) is 0 Å². The number of aliphatic hydroxyl groups excluding tert-OH is 1. The van der Waals surface area contributed by atoms with E-state index in [9.17, 15) is 9.90 Å². The Morgan fingerprint density at radius 3 is 2.45 bits per heavy atom. The Hall–Kier alpha value is -0.890. The quantitative estimate of drug-likeness (QED) is 0.734. The highest BCUT2D eigenvalue weighted by Crippen LogP contribution is 2.50. The molecule has 3 atom stereocenters. The van der Waals surface area contributed by atoms with Crippen molar-refractivity contribution in [3.05, 3.63) is 24.3 Å². The van der Waals surface area contributed by atoms with Crippen LogP contribution in [0.5, 0.6) is 0 Å². The van der Waals surface area contributed by atoms with Crippen molar-refractivity contribution in [3.63, 3.8) is 0 Å². The van der Waals surface area contributed by atoms with Crippen LogP contribution in [-0.2, 0) is 4.79 Å². The Balaban J connectivity index is 2.39. The normalized spacial score (nSPS) is 40.6. The van der Waals surface area contributed by atoms with Gasteiger partial charge < -0.3 is 5.11 Å². The molecule has 0 bridgehead atoms. The summed E-state index contributed by atoms with van der Waals surface area (Å²) in [6.45, 7) is 10.4. The number of hydrogen-bond donors (Lipinski definition) is 1. The van der Waals surface area contributed by atoms with Gasteiger partial charge in [-0.15, -0.1) is 6.58 Å². The average Bonchev–Trinajstić information content (AvgIpc) is 2.45. The standard InChI is InChI=1S/C18H28O2/c1-5-17(4)9-6-13(2)12-18(14(3)16(17)20)10-7-15(19)8-11-18/h5,12,14,16,20H,1,6-11H2,2-4H3/b13-12-/t14-,16?,17+/m0/s1. The first kappa shape index (κ1) is 15.5. The summed E-state index contributed by atoms with van der Waals surface area (Å²) in [5, 5.41) is 10.9. The zero-order valence-corrected chi connectivity index (χ0v) is 13.1. The minimum Gasteiger partial charge on any atom is -0.392 e. The van der Waals surface area contributed by atoms with Crippen molar-refractivity contribution in [1.82, 2.24) is 0 Å². The van der Waals surface area contributed by atoms with Gasteiger partial charge in [-0.3, -0.25) is 4.79 Å². The zero-order valence-electron chi connectivity index (χ0n) is 13.1. The minimum absolute atomic E-state index is 0.0118. The van der Waals surface area contributed by atoms with Gasteiger partial charge >= 0.3 is 0 Å². The molecule has 0 saturated heterocycles. The summed E-state index contributed by atoms with van der Waals surface area (Å²) < 4.78 is 0. The highest BCUT2D eigenvalue weighted by Gasteiger charge is 2.46. The van der Waals surface area contributed by atoms with E-state index >= 15 is 0 Å². The number of allylic oxidation sites excluding steroid dienone is 2. The molecular weight excluding hydrogens is 248 g/mol. The van der Waals surface area contributed by atoms with E-state index in [2.05, 4.69) is 33.4 Å². The monoisotopic (exact) mass is 276 g/mol. The summed E-state index contributed by atoms with van der Waals surface area (Å²) in [5.41, 5.74) is 1.15. The number of ketones is 1. The van der Waals surface area contributed by atoms with Crippen molar-refractivity contribution in [2.75, 3.05) is 0 Å². The van der Waals surface area contributed by atoms with E-state index in [1.807, 2.05) is 6.08 Å². The Morgan fingerprint density at radius 1 is 1.30 bits per heavy atom. The molecule has 2 heteroatoms. The molecule has 1 spiro atoms. The zero-order chi connectivity index (χ0) is 15.0. The van der Waals surface area contributed by atoms with Crippen molar-refractivity contribution >= 4 is 5.78 Å². The fraction of sp³-hybridized carbons (Fsp3) is 0.722. The molecule has 112 valence electrons. The molecule has 2 nitrogen and oxygen atoms in total. The third-order valence-corrected chi connectivity index (χ3v) is 5.85. The lowest BCUT2D eigenvalue weighted by molar-refractivity contribution is -0.124. The van der Waals surface area contributed by atoms with E-state index in [0.29, 0.717) is 18.6 Å². The summed E-state index contributed by atoms with van der Waals surface area (Å²) in [7, 11) is 0. The molecule has 0 aromatic rings. The smallest absolute Gasteiger partial charge is 0.132 e. The number of hydrogen-bond acceptors (Lipinski definition) is 2. The van der Waals surface area contributed by atoms with E-state index in [0.717, 1.165) is 25.7 Å². The number of rotatable bonds is 1. The second kappa shape index (κ2) is 5.48. The van der Waals surface area contributed by atoms with E-state index in [-0.39, 0.29) is 16.7 Å². The second-order valence-corrected chi connectivity index (χ2v) is 7.21. The Morgan fingerprint density at radius 2 is 1.90 bits per heavy atom. The molecule has 1 N–H and O–H groups in total. The van der Waals surface area contributed by atoms with E-state index in [1.54, 1.807) is 0 Å². The van der Waals surface area contributed by atoms with Crippen molar-refractivity contribution < 1.29 is 9.90 Å². The molecule has 2 aliphatic carbocycles. The maximum absolute atomic E-state index is 11.6. The van der Waals surface area contributed by atoms with Crippen LogP contribution < -0.4 is 0 Å². The van der Waals surface area contributed by atoms with Crippen molar-refractivity contribution in [2.45, 2.75) is 65.4 Å². The SMILES string of the molecule is C=C[C@]1(C)CC/C(C)=C\C2(CCC(=O)CC2)[C@@H](C)C1O. The van der Waals surface area contributed by atoms with Gasteiger partial charge in [0.1, 0.15) is 5.78 Å². The Kier molecular flexibility index (Phi) is 4.24. The molecule has 1 saturated carbocycles. The van der Waals surface area contributed by atoms with E-state index in [1.165, 1.54) is 5.57 Å². The minimum atomic E-state index is -0.391. The van der Waals surface area contributed by atoms with Crippen LogP contribution in [0.15, 0.2) is 24.3 Å². The third-order valence-electron chi connectivity index (χ3n) is 5.85. The lowest BCUT2D eigenvalue weighted by Crippen LogP contribution is -2.46. The average molecular weight is 276 g/mol. The molecule has 2 aliphatic rings. The van der Waals surface area contributed by atoms with Crippen LogP contribution >= 0.6 is 0 Å². The lowest BCUT2D eigenvalue weighted by Gasteiger charge is -2.48. The van der Waals surface area contributed by atoms with E-state index < -0.39 is 6.10 Å². The van der Waals surface area contributed by atoms with Gasteiger partial charge in [-0.25, -0.2) is 0 Å². The van der Waals surface area contributed by atoms with Gasteiger partial charge in [-0.2, -0.15) is 0 Å². The van der Waals surface area contributed by atoms with Crippen LogP contribution in [0.1, 0.15) is 59.3 Å². The molecule has 0 aromatic carbocycles. The highest BCUT2D eigenvalue weighted by molar-refractivity contribution is 5.79. The predicted octanol–water partition coefficient (Wildman–Crippen LogP) is 4.05. The summed E-state index contributed by atoms with van der Waals surface area (Å²) in [6, 6.07) is 0. The Labute approximate surface area is 123 Å². The summed E-state index contributed by atoms with van der Waals surface area (Å²) in [5.74, 6) is 0.533. The van der Waals surface area contributed by atoms with Crippen LogP contribution in [-0.4, -0.2) is 17.0 Å². The topological polar surface area (TPSA) is 37.3 Å². The molecule has 0 heterocycles. The molecule has 0 amide bonds. The number of aliphatic hydroxyl groups is 1. The number of Topliss-reactive ketones (excluding diaryl/α,β-unsaturated/α-hetero) is 1. The van der Waals surface area contributed by atoms with Crippen molar-refractivity contribution in [3.8, 4) is 0 Å². The fourth-order valence-electron chi connectivity index (χ4n) is 4.01. The van der Waals surface area contributed by atoms with Crippen LogP contribution in [0, 0.1) is 16.7 Å². The first-order valence-corrected chi connectivity index (χ1v) is 7.85. The fourth-order valence-corrected chi connectivity index (χ4v) is 4.01. The molecule has 20 heavy (non-hydrogen) atoms. The highest BCUT2D eigenvalue weighted by atomic mass is 16.3. The molecular formula is C18H28O2. The first-order chi connectivity index (χ1) is 9.33. The van der Waals surface area contributed by atoms with Crippen LogP contribution in [0.2, 0.25) is 0 Å². The second-order valence-electron chi connectivity index (χ2n) is 7.21. The Bertz CT molecular complexity index is 425. The predicted molar refractivity (Wildman–Crippen MR) is 82.4 cm³/mol. The molecule has 1 fully saturated rings. The van der Waals surface area contributed by atoms with Gasteiger partial charge in [0.05, 0.1) is 6.10 Å². The number of carbonyl (C=O) groups excluding carboxylic acids is 1. The van der Waals surface area contributed by atoms with Crippen LogP contribution in [0.3, 0.4) is 0 Å². The van der Waals surface area contributed by atoms with Crippen LogP contribution in [0.4, 0.5) is 0 Å². The van der Waals surface area contributed by atoms with Gasteiger partial charge in [-0.05, 0) is 43.9 Å². The van der Waals surface area contributed by atoms with Crippen LogP contribution in [0.25, 0.3) is 0 Å². The maximum atomic E-state index is 11.6. The molecule has 1 unspecified atom stereocenters. The summed E-state index contributed by atoms with van der Waals surface area (Å²) >= 11 is 0. The third kappa shape index (κ3) is 2.63. The van der Waals surface area contributed by atoms with Crippen molar-refractivity contribution in [2.24, 2.45) is 16.7 Å². The summed E-state index contributed by atoms with van der Waals surface area (Å²) in [6.07, 6.45) is 8.93. The molecule has 0 radical (unpaired) electrons.